The van der Waals surface area contributed by atoms with Gasteiger partial charge in [-0.3, -0.25) is 24.7 Å². The van der Waals surface area contributed by atoms with E-state index in [2.05, 4.69) is 25.5 Å². The van der Waals surface area contributed by atoms with Crippen LogP contribution in [-0.2, 0) is 0 Å². The summed E-state index contributed by atoms with van der Waals surface area (Å²) >= 11 is 0. The van der Waals surface area contributed by atoms with Gasteiger partial charge in [0.15, 0.2) is 5.82 Å². The molecule has 0 bridgehead atoms. The van der Waals surface area contributed by atoms with Crippen LogP contribution in [0.5, 0.6) is 0 Å². The van der Waals surface area contributed by atoms with Gasteiger partial charge < -0.3 is 9.73 Å². The van der Waals surface area contributed by atoms with E-state index in [9.17, 15) is 14.4 Å². The fraction of sp³-hybridized carbons (Fsp3) is 0.0870. The molecule has 0 unspecified atom stereocenters. The summed E-state index contributed by atoms with van der Waals surface area (Å²) in [7, 11) is 0. The highest BCUT2D eigenvalue weighted by Gasteiger charge is 2.25. The molecule has 0 aliphatic heterocycles. The minimum atomic E-state index is -0.662. The minimum absolute atomic E-state index is 0.0176. The predicted octanol–water partition coefficient (Wildman–Crippen LogP) is 2.93. The number of hydrogen-bond donors (Lipinski definition) is 3. The molecule has 10 nitrogen and oxygen atoms in total. The van der Waals surface area contributed by atoms with Crippen molar-refractivity contribution in [2.24, 2.45) is 0 Å². The number of aryl methyl sites for hydroxylation is 1. The number of rotatable bonds is 4. The van der Waals surface area contributed by atoms with Gasteiger partial charge in [-0.1, -0.05) is 18.2 Å². The normalized spacial score (nSPS) is 11.1. The molecule has 5 aromatic rings. The molecule has 10 heteroatoms. The summed E-state index contributed by atoms with van der Waals surface area (Å²) in [6.45, 7) is 3.37. The zero-order valence-corrected chi connectivity index (χ0v) is 17.7. The van der Waals surface area contributed by atoms with E-state index in [4.69, 9.17) is 4.42 Å². The number of furan rings is 1. The summed E-state index contributed by atoms with van der Waals surface area (Å²) in [5, 5.41) is 9.84. The Bertz CT molecular complexity index is 1610. The third-order valence-corrected chi connectivity index (χ3v) is 5.38. The number of benzene rings is 1. The quantitative estimate of drug-likeness (QED) is 0.391. The molecule has 33 heavy (non-hydrogen) atoms. The molecule has 1 aromatic carbocycles. The van der Waals surface area contributed by atoms with Crippen LogP contribution in [0.1, 0.15) is 21.7 Å². The summed E-state index contributed by atoms with van der Waals surface area (Å²) in [5.74, 6) is -0.0668. The van der Waals surface area contributed by atoms with Gasteiger partial charge in [0, 0.05) is 23.5 Å². The highest BCUT2D eigenvalue weighted by atomic mass is 16.3. The van der Waals surface area contributed by atoms with Gasteiger partial charge >= 0.3 is 5.69 Å². The molecule has 0 atom stereocenters. The van der Waals surface area contributed by atoms with Gasteiger partial charge in [0.05, 0.1) is 16.9 Å². The van der Waals surface area contributed by atoms with Crippen molar-refractivity contribution < 1.29 is 9.21 Å². The molecule has 0 aliphatic rings. The van der Waals surface area contributed by atoms with Crippen molar-refractivity contribution in [3.05, 3.63) is 92.6 Å². The Kier molecular flexibility index (Phi) is 4.74. The van der Waals surface area contributed by atoms with Crippen molar-refractivity contribution >= 4 is 22.8 Å². The molecular formula is C23H18N6O4. The van der Waals surface area contributed by atoms with Gasteiger partial charge in [0.1, 0.15) is 11.1 Å². The average Bonchev–Trinajstić information content (AvgIpc) is 3.34. The number of fused-ring (bicyclic) bond motifs is 1. The Labute approximate surface area is 185 Å². The second-order valence-electron chi connectivity index (χ2n) is 7.41. The highest BCUT2D eigenvalue weighted by Crippen LogP contribution is 2.27. The first-order chi connectivity index (χ1) is 16.0. The van der Waals surface area contributed by atoms with Crippen molar-refractivity contribution in [2.45, 2.75) is 13.8 Å². The third kappa shape index (κ3) is 3.33. The number of pyridine rings is 1. The number of carbonyl (C=O) groups is 1. The number of aromatic nitrogens is 5. The van der Waals surface area contributed by atoms with Crippen molar-refractivity contribution in [3.63, 3.8) is 0 Å². The van der Waals surface area contributed by atoms with E-state index in [1.54, 1.807) is 49.6 Å². The van der Waals surface area contributed by atoms with E-state index >= 15 is 0 Å². The molecular weight excluding hydrogens is 424 g/mol. The number of nitrogens with one attached hydrogen (secondary N) is 3. The molecule has 4 heterocycles. The number of hydrogen-bond acceptors (Lipinski definition) is 6. The van der Waals surface area contributed by atoms with Crippen LogP contribution in [0.2, 0.25) is 0 Å². The zero-order chi connectivity index (χ0) is 23.1. The second-order valence-corrected chi connectivity index (χ2v) is 7.41. The Balaban J connectivity index is 1.59. The molecule has 5 rings (SSSR count). The van der Waals surface area contributed by atoms with Crippen LogP contribution in [0.25, 0.3) is 28.0 Å². The minimum Gasteiger partial charge on any atom is -0.444 e. The first kappa shape index (κ1) is 20.2. The Morgan fingerprint density at radius 1 is 1.06 bits per heavy atom. The van der Waals surface area contributed by atoms with Gasteiger partial charge in [-0.05, 0) is 38.1 Å². The largest absolute Gasteiger partial charge is 0.444 e. The third-order valence-electron chi connectivity index (χ3n) is 5.38. The molecule has 0 radical (unpaired) electrons. The Morgan fingerprint density at radius 3 is 2.52 bits per heavy atom. The predicted molar refractivity (Wildman–Crippen MR) is 122 cm³/mol. The highest BCUT2D eigenvalue weighted by molar-refractivity contribution is 6.12. The van der Waals surface area contributed by atoms with E-state index in [1.165, 1.54) is 0 Å². The molecule has 0 aliphatic carbocycles. The molecule has 0 fully saturated rings. The van der Waals surface area contributed by atoms with Gasteiger partial charge in [0.25, 0.3) is 11.5 Å². The lowest BCUT2D eigenvalue weighted by atomic mass is 10.1. The van der Waals surface area contributed by atoms with Gasteiger partial charge in [-0.2, -0.15) is 5.10 Å². The molecule has 4 aromatic heterocycles. The summed E-state index contributed by atoms with van der Waals surface area (Å²) in [6.07, 6.45) is 3.32. The van der Waals surface area contributed by atoms with Crippen molar-refractivity contribution in [3.8, 4) is 16.9 Å². The lowest BCUT2D eigenvalue weighted by Crippen LogP contribution is -2.34. The van der Waals surface area contributed by atoms with E-state index in [-0.39, 0.29) is 22.4 Å². The van der Waals surface area contributed by atoms with Crippen molar-refractivity contribution in [2.75, 3.05) is 5.32 Å². The number of aromatic amines is 2. The van der Waals surface area contributed by atoms with E-state index in [0.717, 1.165) is 21.4 Å². The molecule has 0 saturated heterocycles. The van der Waals surface area contributed by atoms with Crippen LogP contribution in [0.15, 0.2) is 68.9 Å². The average molecular weight is 442 g/mol. The standard InChI is InChI=1S/C23H18N6O4/c1-12-18(14-8-10-24-11-9-14)27-28-19(12)25-20(30)16-13(2)33-21-17(16)22(31)29(23(32)26-21)15-6-4-3-5-7-15/h3-11H,1-2H3,(H,26,32)(H2,25,27,28,30). The smallest absolute Gasteiger partial charge is 0.335 e. The van der Waals surface area contributed by atoms with Crippen LogP contribution in [0.3, 0.4) is 0 Å². The van der Waals surface area contributed by atoms with Crippen LogP contribution < -0.4 is 16.6 Å². The van der Waals surface area contributed by atoms with Crippen molar-refractivity contribution in [1.82, 2.24) is 24.7 Å². The molecule has 0 saturated carbocycles. The van der Waals surface area contributed by atoms with E-state index in [1.807, 2.05) is 19.1 Å². The summed E-state index contributed by atoms with van der Waals surface area (Å²) in [4.78, 5) is 45.6. The molecule has 3 N–H and O–H groups in total. The zero-order valence-electron chi connectivity index (χ0n) is 17.7. The first-order valence-electron chi connectivity index (χ1n) is 10.1. The Hall–Kier alpha value is -4.73. The first-order valence-corrected chi connectivity index (χ1v) is 10.1. The van der Waals surface area contributed by atoms with Gasteiger partial charge in [-0.15, -0.1) is 0 Å². The number of H-pyrrole nitrogens is 2. The van der Waals surface area contributed by atoms with Crippen LogP contribution in [-0.4, -0.2) is 30.6 Å². The summed E-state index contributed by atoms with van der Waals surface area (Å²) in [6, 6.07) is 12.1. The number of anilines is 1. The SMILES string of the molecule is Cc1oc2[nH]c(=O)n(-c3ccccc3)c(=O)c2c1C(=O)Nc1n[nH]c(-c2ccncc2)c1C. The second kappa shape index (κ2) is 7.75. The Morgan fingerprint density at radius 2 is 1.79 bits per heavy atom. The number of nitrogens with zero attached hydrogens (tertiary/aromatic N) is 3. The molecule has 1 amide bonds. The van der Waals surface area contributed by atoms with Crippen LogP contribution >= 0.6 is 0 Å². The topological polar surface area (TPSA) is 139 Å². The van der Waals surface area contributed by atoms with Crippen LogP contribution in [0, 0.1) is 13.8 Å². The lowest BCUT2D eigenvalue weighted by molar-refractivity contribution is 0.102. The number of amides is 1. The lowest BCUT2D eigenvalue weighted by Gasteiger charge is -2.05. The number of para-hydroxylation sites is 1. The van der Waals surface area contributed by atoms with E-state index < -0.39 is 17.2 Å². The van der Waals surface area contributed by atoms with Gasteiger partial charge in [0.2, 0.25) is 5.71 Å². The fourth-order valence-corrected chi connectivity index (χ4v) is 3.77. The molecule has 0 spiro atoms. The molecule has 164 valence electrons. The monoisotopic (exact) mass is 442 g/mol. The summed E-state index contributed by atoms with van der Waals surface area (Å²) < 4.78 is 6.52. The van der Waals surface area contributed by atoms with Crippen LogP contribution in [0.4, 0.5) is 5.82 Å². The van der Waals surface area contributed by atoms with Crippen molar-refractivity contribution in [1.29, 1.82) is 0 Å². The van der Waals surface area contributed by atoms with E-state index in [0.29, 0.717) is 11.5 Å². The van der Waals surface area contributed by atoms with Gasteiger partial charge in [-0.25, -0.2) is 9.36 Å². The maximum absolute atomic E-state index is 13.3. The summed E-state index contributed by atoms with van der Waals surface area (Å²) in [5.41, 5.74) is 1.35. The fourth-order valence-electron chi connectivity index (χ4n) is 3.77. The maximum atomic E-state index is 13.3. The number of carbonyl (C=O) groups excluding carboxylic acids is 1. The maximum Gasteiger partial charge on any atom is 0.335 e.